The van der Waals surface area contributed by atoms with Gasteiger partial charge in [-0.2, -0.15) is 8.42 Å². The van der Waals surface area contributed by atoms with E-state index in [1.54, 1.807) is 60.9 Å². The smallest absolute Gasteiger partial charge is 0.322 e. The number of benzene rings is 2. The first-order chi connectivity index (χ1) is 17.4. The molecule has 0 spiro atoms. The van der Waals surface area contributed by atoms with Crippen molar-refractivity contribution in [1.82, 2.24) is 15.0 Å². The van der Waals surface area contributed by atoms with E-state index < -0.39 is 10.2 Å². The van der Waals surface area contributed by atoms with E-state index in [1.165, 1.54) is 7.11 Å². The predicted molar refractivity (Wildman–Crippen MR) is 140 cm³/mol. The molecule has 0 fully saturated rings. The maximum atomic E-state index is 13.1. The molecule has 4 aromatic rings. The van der Waals surface area contributed by atoms with Crippen molar-refractivity contribution >= 4 is 33.3 Å². The number of pyridine rings is 1. The van der Waals surface area contributed by atoms with Crippen LogP contribution >= 0.6 is 11.6 Å². The zero-order chi connectivity index (χ0) is 25.5. The molecule has 9 nitrogen and oxygen atoms in total. The molecule has 0 radical (unpaired) electrons. The fourth-order valence-corrected chi connectivity index (χ4v) is 4.46. The van der Waals surface area contributed by atoms with Gasteiger partial charge in [0, 0.05) is 18.0 Å². The lowest BCUT2D eigenvalue weighted by atomic mass is 10.1. The van der Waals surface area contributed by atoms with Crippen molar-refractivity contribution in [2.75, 3.05) is 16.6 Å². The molecule has 4 rings (SSSR count). The highest BCUT2D eigenvalue weighted by Crippen LogP contribution is 2.39. The Kier molecular flexibility index (Phi) is 7.87. The Balaban J connectivity index is 1.71. The number of hydrogen-bond donors (Lipinski definition) is 2. The van der Waals surface area contributed by atoms with E-state index in [4.69, 9.17) is 21.1 Å². The van der Waals surface area contributed by atoms with Gasteiger partial charge in [0.2, 0.25) is 5.75 Å². The summed E-state index contributed by atoms with van der Waals surface area (Å²) >= 11 is 6.48. The number of para-hydroxylation sites is 2. The summed E-state index contributed by atoms with van der Waals surface area (Å²) in [6.45, 7) is 2.08. The molecule has 2 N–H and O–H groups in total. The van der Waals surface area contributed by atoms with E-state index >= 15 is 0 Å². The number of ether oxygens (including phenoxy) is 2. The Morgan fingerprint density at radius 2 is 1.61 bits per heavy atom. The third-order valence-electron chi connectivity index (χ3n) is 5.02. The van der Waals surface area contributed by atoms with Crippen LogP contribution in [0.3, 0.4) is 0 Å². The van der Waals surface area contributed by atoms with Crippen molar-refractivity contribution in [2.45, 2.75) is 19.8 Å². The highest BCUT2D eigenvalue weighted by Gasteiger charge is 2.22. The first-order valence-corrected chi connectivity index (χ1v) is 12.9. The summed E-state index contributed by atoms with van der Waals surface area (Å²) in [7, 11) is -2.64. The van der Waals surface area contributed by atoms with Crippen LogP contribution in [0.4, 0.5) is 11.5 Å². The fourth-order valence-electron chi connectivity index (χ4n) is 3.36. The molecule has 36 heavy (non-hydrogen) atoms. The van der Waals surface area contributed by atoms with E-state index in [9.17, 15) is 8.42 Å². The SMILES string of the molecule is CCCc1ccc(NS(=O)(=O)Nc2nc(-c3ccncc3)nc(Cl)c2Oc2ccccc2OC)cc1. The number of methoxy groups -OCH3 is 1. The molecule has 0 saturated heterocycles. The molecular formula is C25H24ClN5O4S. The monoisotopic (exact) mass is 525 g/mol. The summed E-state index contributed by atoms with van der Waals surface area (Å²) in [5.74, 6) is 0.690. The van der Waals surface area contributed by atoms with Crippen LogP contribution < -0.4 is 18.9 Å². The summed E-state index contributed by atoms with van der Waals surface area (Å²) in [5, 5.41) is -0.0932. The average Bonchev–Trinajstić information content (AvgIpc) is 2.87. The second kappa shape index (κ2) is 11.2. The minimum Gasteiger partial charge on any atom is -0.493 e. The lowest BCUT2D eigenvalue weighted by Crippen LogP contribution is -2.23. The Morgan fingerprint density at radius 1 is 0.917 bits per heavy atom. The Hall–Kier alpha value is -3.89. The largest absolute Gasteiger partial charge is 0.493 e. The molecule has 0 aliphatic heterocycles. The highest BCUT2D eigenvalue weighted by atomic mass is 35.5. The third kappa shape index (κ3) is 6.21. The van der Waals surface area contributed by atoms with Gasteiger partial charge < -0.3 is 9.47 Å². The molecule has 0 atom stereocenters. The molecule has 0 aliphatic carbocycles. The van der Waals surface area contributed by atoms with Crippen molar-refractivity contribution in [3.63, 3.8) is 0 Å². The van der Waals surface area contributed by atoms with Crippen molar-refractivity contribution in [3.8, 4) is 28.6 Å². The summed E-state index contributed by atoms with van der Waals surface area (Å²) in [6, 6.07) is 17.4. The molecule has 186 valence electrons. The minimum absolute atomic E-state index is 0.0809. The number of hydrogen-bond acceptors (Lipinski definition) is 7. The van der Waals surface area contributed by atoms with Crippen LogP contribution in [0.25, 0.3) is 11.4 Å². The number of nitrogens with zero attached hydrogens (tertiary/aromatic N) is 3. The maximum absolute atomic E-state index is 13.1. The zero-order valence-electron chi connectivity index (χ0n) is 19.6. The second-order valence-electron chi connectivity index (χ2n) is 7.66. The van der Waals surface area contributed by atoms with E-state index in [0.29, 0.717) is 22.7 Å². The van der Waals surface area contributed by atoms with Crippen molar-refractivity contribution in [1.29, 1.82) is 0 Å². The Bertz CT molecular complexity index is 1440. The van der Waals surface area contributed by atoms with Crippen molar-refractivity contribution in [2.24, 2.45) is 0 Å². The van der Waals surface area contributed by atoms with Gasteiger partial charge in [-0.25, -0.2) is 14.7 Å². The summed E-state index contributed by atoms with van der Waals surface area (Å²) in [4.78, 5) is 12.7. The highest BCUT2D eigenvalue weighted by molar-refractivity contribution is 7.94. The third-order valence-corrected chi connectivity index (χ3v) is 6.24. The molecule has 0 unspecified atom stereocenters. The van der Waals surface area contributed by atoms with E-state index in [0.717, 1.165) is 18.4 Å². The zero-order valence-corrected chi connectivity index (χ0v) is 21.2. The van der Waals surface area contributed by atoms with Gasteiger partial charge >= 0.3 is 10.2 Å². The second-order valence-corrected chi connectivity index (χ2v) is 9.43. The first-order valence-electron chi connectivity index (χ1n) is 11.1. The fraction of sp³-hybridized carbons (Fsp3) is 0.160. The number of aryl methyl sites for hydroxylation is 1. The van der Waals surface area contributed by atoms with Crippen LogP contribution in [-0.4, -0.2) is 30.5 Å². The van der Waals surface area contributed by atoms with Crippen LogP contribution in [0.15, 0.2) is 73.1 Å². The summed E-state index contributed by atoms with van der Waals surface area (Å²) in [6.07, 6.45) is 5.04. The van der Waals surface area contributed by atoms with Gasteiger partial charge in [-0.05, 0) is 48.4 Å². The quantitative estimate of drug-likeness (QED) is 0.254. The van der Waals surface area contributed by atoms with Crippen LogP contribution in [0.1, 0.15) is 18.9 Å². The van der Waals surface area contributed by atoms with Crippen LogP contribution in [0.5, 0.6) is 17.2 Å². The van der Waals surface area contributed by atoms with E-state index in [2.05, 4.69) is 31.3 Å². The maximum Gasteiger partial charge on any atom is 0.322 e. The van der Waals surface area contributed by atoms with E-state index in [-0.39, 0.29) is 22.5 Å². The number of halogens is 1. The predicted octanol–water partition coefficient (Wildman–Crippen LogP) is 5.71. The van der Waals surface area contributed by atoms with Crippen LogP contribution in [0.2, 0.25) is 5.15 Å². The number of nitrogens with one attached hydrogen (secondary N) is 2. The van der Waals surface area contributed by atoms with Gasteiger partial charge in [-0.1, -0.05) is 49.2 Å². The van der Waals surface area contributed by atoms with Crippen molar-refractivity contribution in [3.05, 3.63) is 83.8 Å². The molecule has 2 aromatic heterocycles. The lowest BCUT2D eigenvalue weighted by molar-refractivity contribution is 0.378. The van der Waals surface area contributed by atoms with Gasteiger partial charge in [-0.3, -0.25) is 9.71 Å². The standard InChI is InChI=1S/C25H24ClN5O4S/c1-3-6-17-9-11-19(12-10-17)30-36(32,33)31-25-22(35-21-8-5-4-7-20(21)34-2)23(26)28-24(29-25)18-13-15-27-16-14-18/h4-5,7-16,30H,3,6H2,1-2H3,(H,28,29,31). The normalized spacial score (nSPS) is 11.1. The molecule has 2 aromatic carbocycles. The van der Waals surface area contributed by atoms with Crippen LogP contribution in [-0.2, 0) is 16.6 Å². The topological polar surface area (TPSA) is 115 Å². The van der Waals surface area contributed by atoms with Crippen LogP contribution in [0, 0.1) is 0 Å². The lowest BCUT2D eigenvalue weighted by Gasteiger charge is -2.16. The summed E-state index contributed by atoms with van der Waals surface area (Å²) < 4.78 is 42.3. The average molecular weight is 526 g/mol. The minimum atomic E-state index is -4.13. The molecule has 11 heteroatoms. The molecular weight excluding hydrogens is 502 g/mol. The van der Waals surface area contributed by atoms with Gasteiger partial charge in [0.1, 0.15) is 0 Å². The van der Waals surface area contributed by atoms with Crippen molar-refractivity contribution < 1.29 is 17.9 Å². The van der Waals surface area contributed by atoms with Gasteiger partial charge in [0.15, 0.2) is 28.3 Å². The summed E-state index contributed by atoms with van der Waals surface area (Å²) in [5.41, 5.74) is 2.10. The Morgan fingerprint density at radius 3 is 2.28 bits per heavy atom. The van der Waals surface area contributed by atoms with Gasteiger partial charge in [0.25, 0.3) is 0 Å². The molecule has 2 heterocycles. The molecule has 0 aliphatic rings. The number of anilines is 2. The molecule has 0 amide bonds. The number of rotatable bonds is 10. The van der Waals surface area contributed by atoms with Gasteiger partial charge in [0.05, 0.1) is 12.8 Å². The van der Waals surface area contributed by atoms with Gasteiger partial charge in [-0.15, -0.1) is 0 Å². The van der Waals surface area contributed by atoms with E-state index in [1.807, 2.05) is 12.1 Å². The Labute approximate surface area is 214 Å². The molecule has 0 bridgehead atoms. The molecule has 0 saturated carbocycles. The first kappa shape index (κ1) is 25.2. The number of aromatic nitrogens is 3.